The molecule has 132 valence electrons. The molecule has 6 heteroatoms. The summed E-state index contributed by atoms with van der Waals surface area (Å²) in [6, 6.07) is 18.4. The maximum absolute atomic E-state index is 12.8. The van der Waals surface area contributed by atoms with Crippen LogP contribution in [-0.2, 0) is 9.54 Å². The third-order valence-electron chi connectivity index (χ3n) is 3.98. The van der Waals surface area contributed by atoms with Crippen LogP contribution >= 0.6 is 35.0 Å². The van der Waals surface area contributed by atoms with Gasteiger partial charge < -0.3 is 5.73 Å². The van der Waals surface area contributed by atoms with Crippen LogP contribution in [0.5, 0.6) is 0 Å². The van der Waals surface area contributed by atoms with E-state index in [1.165, 1.54) is 18.0 Å². The minimum atomic E-state index is -1.20. The van der Waals surface area contributed by atoms with Crippen LogP contribution in [0.3, 0.4) is 0 Å². The number of aryl methyl sites for hydroxylation is 1. The molecule has 1 atom stereocenters. The molecule has 3 nitrogen and oxygen atoms in total. The maximum Gasteiger partial charge on any atom is 0.244 e. The molecule has 3 rings (SSSR count). The molecule has 2 N–H and O–H groups in total. The van der Waals surface area contributed by atoms with Crippen molar-refractivity contribution in [3.8, 4) is 0 Å². The summed E-state index contributed by atoms with van der Waals surface area (Å²) >= 11 is 13.4. The zero-order chi connectivity index (χ0) is 18.7. The number of nitrogens with two attached hydrogens (primary N) is 1. The number of benzene rings is 2. The molecule has 0 radical (unpaired) electrons. The largest absolute Gasteiger partial charge is 0.368 e. The molecule has 0 spiro atoms. The van der Waals surface area contributed by atoms with Gasteiger partial charge in [-0.25, -0.2) is 0 Å². The van der Waals surface area contributed by atoms with Crippen LogP contribution in [0.25, 0.3) is 0 Å². The number of pyridine rings is 1. The number of amides is 1. The average molecular weight is 403 g/mol. The second kappa shape index (κ2) is 7.70. The van der Waals surface area contributed by atoms with Crippen LogP contribution < -0.4 is 5.73 Å². The Morgan fingerprint density at radius 3 is 2.12 bits per heavy atom. The number of aromatic nitrogens is 1. The van der Waals surface area contributed by atoms with E-state index in [0.717, 1.165) is 10.5 Å². The quantitative estimate of drug-likeness (QED) is 0.595. The molecule has 0 aliphatic rings. The highest BCUT2D eigenvalue weighted by Crippen LogP contribution is 2.46. The third-order valence-corrected chi connectivity index (χ3v) is 5.91. The predicted octanol–water partition coefficient (Wildman–Crippen LogP) is 5.22. The zero-order valence-electron chi connectivity index (χ0n) is 13.9. The van der Waals surface area contributed by atoms with Crippen molar-refractivity contribution in [3.63, 3.8) is 0 Å². The molecule has 26 heavy (non-hydrogen) atoms. The number of thioether (sulfide) groups is 1. The number of primary amides is 1. The van der Waals surface area contributed by atoms with Gasteiger partial charge in [-0.3, -0.25) is 9.78 Å². The van der Waals surface area contributed by atoms with Crippen molar-refractivity contribution in [3.05, 3.63) is 93.7 Å². The second-order valence-corrected chi connectivity index (χ2v) is 7.99. The topological polar surface area (TPSA) is 56.0 Å². The minimum absolute atomic E-state index is 0.489. The Balaban J connectivity index is 2.20. The van der Waals surface area contributed by atoms with Crippen molar-refractivity contribution in [1.29, 1.82) is 0 Å². The van der Waals surface area contributed by atoms with Crippen LogP contribution in [0, 0.1) is 6.92 Å². The summed E-state index contributed by atoms with van der Waals surface area (Å²) in [7, 11) is 0. The van der Waals surface area contributed by atoms with Gasteiger partial charge in [0.2, 0.25) is 5.91 Å². The first-order chi connectivity index (χ1) is 12.4. The van der Waals surface area contributed by atoms with Crippen LogP contribution in [-0.4, -0.2) is 10.9 Å². The van der Waals surface area contributed by atoms with Gasteiger partial charge in [-0.15, -0.1) is 0 Å². The van der Waals surface area contributed by atoms with Crippen LogP contribution in [0.1, 0.15) is 16.8 Å². The molecule has 3 aromatic rings. The van der Waals surface area contributed by atoms with E-state index < -0.39 is 10.7 Å². The number of hydrogen-bond acceptors (Lipinski definition) is 3. The predicted molar refractivity (Wildman–Crippen MR) is 108 cm³/mol. The molecule has 1 unspecified atom stereocenters. The normalized spacial score (nSPS) is 13.2. The van der Waals surface area contributed by atoms with Gasteiger partial charge in [-0.2, -0.15) is 0 Å². The Labute approximate surface area is 166 Å². The molecule has 1 heterocycles. The summed E-state index contributed by atoms with van der Waals surface area (Å²) in [5, 5.41) is 1.07. The SMILES string of the molecule is Cc1ccc(SC(C(N)=O)(c2ccc(Cl)cc2)c2ccc(Cl)cn2)cc1. The van der Waals surface area contributed by atoms with Gasteiger partial charge in [0.1, 0.15) is 0 Å². The first-order valence-corrected chi connectivity index (χ1v) is 9.43. The van der Waals surface area contributed by atoms with Crippen molar-refractivity contribution in [1.82, 2.24) is 4.98 Å². The lowest BCUT2D eigenvalue weighted by Crippen LogP contribution is -2.40. The first-order valence-electron chi connectivity index (χ1n) is 7.85. The highest BCUT2D eigenvalue weighted by Gasteiger charge is 2.43. The Hall–Kier alpha value is -2.01. The third kappa shape index (κ3) is 3.73. The minimum Gasteiger partial charge on any atom is -0.368 e. The molecular weight excluding hydrogens is 387 g/mol. The molecule has 1 aromatic heterocycles. The number of hydrogen-bond donors (Lipinski definition) is 1. The van der Waals surface area contributed by atoms with Crippen molar-refractivity contribution in [2.45, 2.75) is 16.6 Å². The van der Waals surface area contributed by atoms with Gasteiger partial charge in [-0.1, -0.05) is 64.8 Å². The zero-order valence-corrected chi connectivity index (χ0v) is 16.3. The molecule has 0 fully saturated rings. The molecule has 0 aliphatic carbocycles. The molecule has 0 saturated heterocycles. The van der Waals surface area contributed by atoms with E-state index in [-0.39, 0.29) is 0 Å². The molecule has 1 amide bonds. The second-order valence-electron chi connectivity index (χ2n) is 5.83. The van der Waals surface area contributed by atoms with E-state index in [1.54, 1.807) is 36.4 Å². The van der Waals surface area contributed by atoms with E-state index in [1.807, 2.05) is 31.2 Å². The van der Waals surface area contributed by atoms with Crippen molar-refractivity contribution in [2.75, 3.05) is 0 Å². The fourth-order valence-electron chi connectivity index (χ4n) is 2.63. The van der Waals surface area contributed by atoms with Crippen molar-refractivity contribution >= 4 is 40.9 Å². The monoisotopic (exact) mass is 402 g/mol. The van der Waals surface area contributed by atoms with Gasteiger partial charge in [0.05, 0.1) is 10.7 Å². The highest BCUT2D eigenvalue weighted by molar-refractivity contribution is 8.01. The van der Waals surface area contributed by atoms with Crippen LogP contribution in [0.4, 0.5) is 0 Å². The lowest BCUT2D eigenvalue weighted by Gasteiger charge is -2.30. The smallest absolute Gasteiger partial charge is 0.244 e. The molecule has 0 saturated carbocycles. The Morgan fingerprint density at radius 1 is 0.962 bits per heavy atom. The maximum atomic E-state index is 12.8. The van der Waals surface area contributed by atoms with Gasteiger partial charge in [0.25, 0.3) is 0 Å². The van der Waals surface area contributed by atoms with Gasteiger partial charge >= 0.3 is 0 Å². The molecular formula is C20H16Cl2N2OS. The summed E-state index contributed by atoms with van der Waals surface area (Å²) in [5.41, 5.74) is 8.28. The number of carbonyl (C=O) groups excluding carboxylic acids is 1. The molecule has 0 bridgehead atoms. The fourth-order valence-corrected chi connectivity index (χ4v) is 4.07. The van der Waals surface area contributed by atoms with Gasteiger partial charge in [0.15, 0.2) is 4.75 Å². The van der Waals surface area contributed by atoms with Gasteiger partial charge in [-0.05, 0) is 48.9 Å². The molecule has 0 aliphatic heterocycles. The van der Waals surface area contributed by atoms with E-state index >= 15 is 0 Å². The Kier molecular flexibility index (Phi) is 5.56. The number of rotatable bonds is 5. The summed E-state index contributed by atoms with van der Waals surface area (Å²) < 4.78 is -1.20. The van der Waals surface area contributed by atoms with Crippen LogP contribution in [0.2, 0.25) is 10.0 Å². The number of nitrogens with zero attached hydrogens (tertiary/aromatic N) is 1. The summed E-state index contributed by atoms with van der Waals surface area (Å²) in [4.78, 5) is 18.1. The van der Waals surface area contributed by atoms with E-state index in [4.69, 9.17) is 28.9 Å². The van der Waals surface area contributed by atoms with Crippen LogP contribution in [0.15, 0.2) is 71.8 Å². The first kappa shape index (κ1) is 18.8. The standard InChI is InChI=1S/C20H16Cl2N2OS/c1-13-2-9-17(10-3-13)26-20(19(23)25,14-4-6-15(21)7-5-14)18-11-8-16(22)12-24-18/h2-12H,1H3,(H2,23,25). The van der Waals surface area contributed by atoms with E-state index in [2.05, 4.69) is 4.98 Å². The van der Waals surface area contributed by atoms with Gasteiger partial charge in [0, 0.05) is 16.1 Å². The highest BCUT2D eigenvalue weighted by atomic mass is 35.5. The van der Waals surface area contributed by atoms with Crippen molar-refractivity contribution < 1.29 is 4.79 Å². The number of carbonyl (C=O) groups is 1. The summed E-state index contributed by atoms with van der Waals surface area (Å²) in [6.45, 7) is 2.01. The Morgan fingerprint density at radius 2 is 1.58 bits per heavy atom. The lowest BCUT2D eigenvalue weighted by molar-refractivity contribution is -0.119. The van der Waals surface area contributed by atoms with Crippen molar-refractivity contribution in [2.24, 2.45) is 5.73 Å². The summed E-state index contributed by atoms with van der Waals surface area (Å²) in [5.74, 6) is -0.514. The fraction of sp³-hybridized carbons (Fsp3) is 0.100. The summed E-state index contributed by atoms with van der Waals surface area (Å²) in [6.07, 6.45) is 1.51. The number of halogens is 2. The average Bonchev–Trinajstić information content (AvgIpc) is 2.63. The Bertz CT molecular complexity index is 865. The molecule has 2 aromatic carbocycles. The lowest BCUT2D eigenvalue weighted by atomic mass is 9.93. The van der Waals surface area contributed by atoms with E-state index in [9.17, 15) is 4.79 Å². The van der Waals surface area contributed by atoms with E-state index in [0.29, 0.717) is 21.3 Å².